The van der Waals surface area contributed by atoms with Gasteiger partial charge in [-0.15, -0.1) is 0 Å². The van der Waals surface area contributed by atoms with Crippen LogP contribution in [0.1, 0.15) is 28.8 Å². The summed E-state index contributed by atoms with van der Waals surface area (Å²) in [5, 5.41) is 2.96. The SMILES string of the molecule is O=C(/C=C/c1ccc2c(c1)OCO2)NCC1CCN(C(=O)c2ccncc2)CC1. The van der Waals surface area contributed by atoms with Crippen LogP contribution in [0.5, 0.6) is 11.5 Å². The highest BCUT2D eigenvalue weighted by Crippen LogP contribution is 2.32. The highest BCUT2D eigenvalue weighted by Gasteiger charge is 2.23. The van der Waals surface area contributed by atoms with Crippen LogP contribution in [0.4, 0.5) is 0 Å². The van der Waals surface area contributed by atoms with Gasteiger partial charge in [-0.2, -0.15) is 0 Å². The molecule has 1 N–H and O–H groups in total. The van der Waals surface area contributed by atoms with Crippen LogP contribution in [0.15, 0.2) is 48.8 Å². The highest BCUT2D eigenvalue weighted by atomic mass is 16.7. The van der Waals surface area contributed by atoms with E-state index in [1.54, 1.807) is 30.6 Å². The summed E-state index contributed by atoms with van der Waals surface area (Å²) in [5.41, 5.74) is 1.55. The van der Waals surface area contributed by atoms with Crippen molar-refractivity contribution in [2.45, 2.75) is 12.8 Å². The van der Waals surface area contributed by atoms with E-state index in [1.807, 2.05) is 23.1 Å². The van der Waals surface area contributed by atoms with Gasteiger partial charge in [0.15, 0.2) is 11.5 Å². The number of pyridine rings is 1. The first-order valence-corrected chi connectivity index (χ1v) is 9.74. The number of ether oxygens (including phenoxy) is 2. The zero-order valence-corrected chi connectivity index (χ0v) is 16.0. The van der Waals surface area contributed by atoms with E-state index in [2.05, 4.69) is 10.3 Å². The minimum absolute atomic E-state index is 0.0431. The van der Waals surface area contributed by atoms with Gasteiger partial charge in [0.25, 0.3) is 5.91 Å². The second kappa shape index (κ2) is 8.77. The molecule has 0 saturated carbocycles. The van der Waals surface area contributed by atoms with Crippen molar-refractivity contribution < 1.29 is 19.1 Å². The molecule has 2 amide bonds. The van der Waals surface area contributed by atoms with Gasteiger partial charge in [0, 0.05) is 43.7 Å². The van der Waals surface area contributed by atoms with Crippen LogP contribution in [0.25, 0.3) is 6.08 Å². The molecule has 0 atom stereocenters. The Morgan fingerprint density at radius 1 is 1.10 bits per heavy atom. The first-order chi connectivity index (χ1) is 14.2. The van der Waals surface area contributed by atoms with Crippen molar-refractivity contribution >= 4 is 17.9 Å². The zero-order valence-electron chi connectivity index (χ0n) is 16.0. The van der Waals surface area contributed by atoms with Crippen LogP contribution in [0.2, 0.25) is 0 Å². The Morgan fingerprint density at radius 2 is 1.86 bits per heavy atom. The minimum Gasteiger partial charge on any atom is -0.454 e. The number of hydrogen-bond donors (Lipinski definition) is 1. The van der Waals surface area contributed by atoms with E-state index >= 15 is 0 Å². The number of rotatable bonds is 5. The molecular formula is C22H23N3O4. The number of fused-ring (bicyclic) bond motifs is 1. The lowest BCUT2D eigenvalue weighted by Gasteiger charge is -2.32. The van der Waals surface area contributed by atoms with Crippen molar-refractivity contribution in [3.63, 3.8) is 0 Å². The molecule has 1 fully saturated rings. The fourth-order valence-electron chi connectivity index (χ4n) is 3.51. The number of nitrogens with zero attached hydrogens (tertiary/aromatic N) is 2. The van der Waals surface area contributed by atoms with E-state index in [4.69, 9.17) is 9.47 Å². The highest BCUT2D eigenvalue weighted by molar-refractivity contribution is 5.94. The van der Waals surface area contributed by atoms with Gasteiger partial charge in [-0.05, 0) is 54.7 Å². The molecule has 0 bridgehead atoms. The van der Waals surface area contributed by atoms with Crippen molar-refractivity contribution in [2.75, 3.05) is 26.4 Å². The molecule has 1 aromatic heterocycles. The molecule has 3 heterocycles. The number of hydrogen-bond acceptors (Lipinski definition) is 5. The Bertz CT molecular complexity index is 906. The minimum atomic E-state index is -0.127. The number of likely N-dealkylation sites (tertiary alicyclic amines) is 1. The second-order valence-corrected chi connectivity index (χ2v) is 7.16. The second-order valence-electron chi connectivity index (χ2n) is 7.16. The number of carbonyl (C=O) groups is 2. The monoisotopic (exact) mass is 393 g/mol. The van der Waals surface area contributed by atoms with E-state index in [0.29, 0.717) is 36.9 Å². The van der Waals surface area contributed by atoms with Gasteiger partial charge in [0.1, 0.15) is 0 Å². The fourth-order valence-corrected chi connectivity index (χ4v) is 3.51. The summed E-state index contributed by atoms with van der Waals surface area (Å²) >= 11 is 0. The fraction of sp³-hybridized carbons (Fsp3) is 0.318. The van der Waals surface area contributed by atoms with E-state index in [0.717, 1.165) is 24.2 Å². The third-order valence-corrected chi connectivity index (χ3v) is 5.22. The van der Waals surface area contributed by atoms with Crippen molar-refractivity contribution in [3.05, 3.63) is 59.9 Å². The van der Waals surface area contributed by atoms with Crippen LogP contribution in [-0.2, 0) is 4.79 Å². The molecule has 0 unspecified atom stereocenters. The first kappa shape index (κ1) is 19.0. The zero-order chi connectivity index (χ0) is 20.1. The molecule has 7 heteroatoms. The molecule has 2 aromatic rings. The summed E-state index contributed by atoms with van der Waals surface area (Å²) in [5.74, 6) is 1.71. The Balaban J connectivity index is 1.21. The largest absolute Gasteiger partial charge is 0.454 e. The molecule has 2 aliphatic rings. The molecule has 150 valence electrons. The molecular weight excluding hydrogens is 370 g/mol. The lowest BCUT2D eigenvalue weighted by Crippen LogP contribution is -2.41. The standard InChI is InChI=1S/C22H23N3O4/c26-21(4-2-16-1-3-19-20(13-16)29-15-28-19)24-14-17-7-11-25(12-8-17)22(27)18-5-9-23-10-6-18/h1-6,9-10,13,17H,7-8,11-12,14-15H2,(H,24,26)/b4-2+. The Morgan fingerprint density at radius 3 is 2.66 bits per heavy atom. The average molecular weight is 393 g/mol. The van der Waals surface area contributed by atoms with Gasteiger partial charge in [-0.25, -0.2) is 0 Å². The third-order valence-electron chi connectivity index (χ3n) is 5.22. The van der Waals surface area contributed by atoms with Gasteiger partial charge in [0.05, 0.1) is 0 Å². The van der Waals surface area contributed by atoms with E-state index in [-0.39, 0.29) is 18.6 Å². The molecule has 7 nitrogen and oxygen atoms in total. The molecule has 1 saturated heterocycles. The number of carbonyl (C=O) groups excluding carboxylic acids is 2. The average Bonchev–Trinajstić information content (AvgIpc) is 3.24. The number of nitrogens with one attached hydrogen (secondary N) is 1. The van der Waals surface area contributed by atoms with Crippen LogP contribution >= 0.6 is 0 Å². The summed E-state index contributed by atoms with van der Waals surface area (Å²) in [6.07, 6.45) is 8.30. The first-order valence-electron chi connectivity index (χ1n) is 9.74. The summed E-state index contributed by atoms with van der Waals surface area (Å²) in [6.45, 7) is 2.25. The van der Waals surface area contributed by atoms with Gasteiger partial charge in [0.2, 0.25) is 12.7 Å². The van der Waals surface area contributed by atoms with Gasteiger partial charge < -0.3 is 19.7 Å². The lowest BCUT2D eigenvalue weighted by molar-refractivity contribution is -0.116. The quantitative estimate of drug-likeness (QED) is 0.790. The molecule has 2 aliphatic heterocycles. The van der Waals surface area contributed by atoms with Crippen molar-refractivity contribution in [3.8, 4) is 11.5 Å². The van der Waals surface area contributed by atoms with Gasteiger partial charge >= 0.3 is 0 Å². The topological polar surface area (TPSA) is 80.8 Å². The molecule has 1 aromatic carbocycles. The predicted octanol–water partition coefficient (Wildman–Crippen LogP) is 2.49. The number of benzene rings is 1. The normalized spacial score (nSPS) is 16.2. The molecule has 0 radical (unpaired) electrons. The maximum atomic E-state index is 12.5. The van der Waals surface area contributed by atoms with Gasteiger partial charge in [-0.1, -0.05) is 6.07 Å². The van der Waals surface area contributed by atoms with Gasteiger partial charge in [-0.3, -0.25) is 14.6 Å². The maximum Gasteiger partial charge on any atom is 0.253 e. The Hall–Kier alpha value is -3.35. The van der Waals surface area contributed by atoms with Crippen LogP contribution in [0, 0.1) is 5.92 Å². The van der Waals surface area contributed by atoms with Crippen LogP contribution in [0.3, 0.4) is 0 Å². The summed E-state index contributed by atoms with van der Waals surface area (Å²) in [7, 11) is 0. The summed E-state index contributed by atoms with van der Waals surface area (Å²) in [4.78, 5) is 30.4. The molecule has 0 spiro atoms. The third kappa shape index (κ3) is 4.74. The number of amides is 2. The molecule has 0 aliphatic carbocycles. The maximum absolute atomic E-state index is 12.5. The Labute approximate surface area is 169 Å². The van der Waals surface area contributed by atoms with Crippen molar-refractivity contribution in [2.24, 2.45) is 5.92 Å². The summed E-state index contributed by atoms with van der Waals surface area (Å²) in [6, 6.07) is 9.04. The Kier molecular flexibility index (Phi) is 5.74. The van der Waals surface area contributed by atoms with E-state index in [9.17, 15) is 9.59 Å². The molecule has 29 heavy (non-hydrogen) atoms. The number of aromatic nitrogens is 1. The van der Waals surface area contributed by atoms with Crippen molar-refractivity contribution in [1.29, 1.82) is 0 Å². The summed E-state index contributed by atoms with van der Waals surface area (Å²) < 4.78 is 10.6. The lowest BCUT2D eigenvalue weighted by atomic mass is 9.96. The van der Waals surface area contributed by atoms with Crippen LogP contribution in [-0.4, -0.2) is 48.1 Å². The molecule has 4 rings (SSSR count). The van der Waals surface area contributed by atoms with Crippen molar-refractivity contribution in [1.82, 2.24) is 15.2 Å². The smallest absolute Gasteiger partial charge is 0.253 e. The van der Waals surface area contributed by atoms with E-state index in [1.165, 1.54) is 6.08 Å². The number of piperidine rings is 1. The van der Waals surface area contributed by atoms with E-state index < -0.39 is 0 Å². The predicted molar refractivity (Wildman–Crippen MR) is 107 cm³/mol. The van der Waals surface area contributed by atoms with Crippen LogP contribution < -0.4 is 14.8 Å².